The lowest BCUT2D eigenvalue weighted by atomic mass is 10.0. The van der Waals surface area contributed by atoms with E-state index in [1.807, 2.05) is 19.1 Å². The predicted octanol–water partition coefficient (Wildman–Crippen LogP) is 2.90. The number of hydrogen-bond acceptors (Lipinski definition) is 3. The van der Waals surface area contributed by atoms with Crippen molar-refractivity contribution < 1.29 is 9.53 Å². The standard InChI is InChI=1S/C15H15NO2/c1-2-18-14-9-4-3-8-13(14)15(17)11-6-5-7-12(16)10-11/h3-10H,2,16H2,1H3. The van der Waals surface area contributed by atoms with Crippen LogP contribution in [-0.4, -0.2) is 12.4 Å². The normalized spacial score (nSPS) is 10.1. The first-order valence-electron chi connectivity index (χ1n) is 5.84. The molecule has 3 nitrogen and oxygen atoms in total. The Kier molecular flexibility index (Phi) is 3.63. The molecule has 0 atom stereocenters. The number of nitrogen functional groups attached to an aromatic ring is 1. The maximum absolute atomic E-state index is 12.4. The molecule has 0 heterocycles. The molecule has 0 aliphatic heterocycles. The fraction of sp³-hybridized carbons (Fsp3) is 0.133. The van der Waals surface area contributed by atoms with Crippen molar-refractivity contribution in [3.63, 3.8) is 0 Å². The first kappa shape index (κ1) is 12.2. The van der Waals surface area contributed by atoms with E-state index in [4.69, 9.17) is 10.5 Å². The molecular formula is C15H15NO2. The summed E-state index contributed by atoms with van der Waals surface area (Å²) >= 11 is 0. The van der Waals surface area contributed by atoms with Crippen LogP contribution < -0.4 is 10.5 Å². The number of rotatable bonds is 4. The third-order valence-corrected chi connectivity index (χ3v) is 2.58. The lowest BCUT2D eigenvalue weighted by Gasteiger charge is -2.09. The quantitative estimate of drug-likeness (QED) is 0.661. The minimum atomic E-state index is -0.0775. The average molecular weight is 241 g/mol. The third kappa shape index (κ3) is 2.51. The molecule has 18 heavy (non-hydrogen) atoms. The summed E-state index contributed by atoms with van der Waals surface area (Å²) in [6.45, 7) is 2.42. The van der Waals surface area contributed by atoms with Crippen LogP contribution in [0, 0.1) is 0 Å². The van der Waals surface area contributed by atoms with Crippen molar-refractivity contribution in [1.29, 1.82) is 0 Å². The monoisotopic (exact) mass is 241 g/mol. The molecule has 0 radical (unpaired) electrons. The van der Waals surface area contributed by atoms with Crippen molar-refractivity contribution in [2.45, 2.75) is 6.92 Å². The molecule has 2 aromatic rings. The molecule has 2 rings (SSSR count). The highest BCUT2D eigenvalue weighted by atomic mass is 16.5. The topological polar surface area (TPSA) is 52.3 Å². The van der Waals surface area contributed by atoms with Gasteiger partial charge >= 0.3 is 0 Å². The first-order valence-corrected chi connectivity index (χ1v) is 5.84. The maximum Gasteiger partial charge on any atom is 0.196 e. The number of carbonyl (C=O) groups is 1. The van der Waals surface area contributed by atoms with E-state index in [0.29, 0.717) is 29.2 Å². The number of nitrogens with two attached hydrogens (primary N) is 1. The van der Waals surface area contributed by atoms with E-state index in [-0.39, 0.29) is 5.78 Å². The number of para-hydroxylation sites is 1. The van der Waals surface area contributed by atoms with Crippen molar-refractivity contribution >= 4 is 11.5 Å². The molecule has 0 aliphatic carbocycles. The molecule has 0 saturated heterocycles. The van der Waals surface area contributed by atoms with E-state index in [0.717, 1.165) is 0 Å². The smallest absolute Gasteiger partial charge is 0.196 e. The average Bonchev–Trinajstić information content (AvgIpc) is 2.39. The predicted molar refractivity (Wildman–Crippen MR) is 71.9 cm³/mol. The van der Waals surface area contributed by atoms with Crippen LogP contribution in [0.25, 0.3) is 0 Å². The molecule has 0 unspecified atom stereocenters. The highest BCUT2D eigenvalue weighted by molar-refractivity contribution is 6.11. The zero-order chi connectivity index (χ0) is 13.0. The lowest BCUT2D eigenvalue weighted by Crippen LogP contribution is -2.05. The van der Waals surface area contributed by atoms with Crippen LogP contribution in [0.1, 0.15) is 22.8 Å². The Bertz CT molecular complexity index is 564. The van der Waals surface area contributed by atoms with E-state index in [9.17, 15) is 4.79 Å². The number of benzene rings is 2. The van der Waals surface area contributed by atoms with E-state index in [1.165, 1.54) is 0 Å². The highest BCUT2D eigenvalue weighted by Gasteiger charge is 2.13. The van der Waals surface area contributed by atoms with Crippen molar-refractivity contribution in [2.24, 2.45) is 0 Å². The first-order chi connectivity index (χ1) is 8.72. The van der Waals surface area contributed by atoms with Crippen LogP contribution in [0.3, 0.4) is 0 Å². The fourth-order valence-corrected chi connectivity index (χ4v) is 1.77. The van der Waals surface area contributed by atoms with Gasteiger partial charge in [-0.2, -0.15) is 0 Å². The molecule has 2 N–H and O–H groups in total. The van der Waals surface area contributed by atoms with Gasteiger partial charge in [0.1, 0.15) is 5.75 Å². The molecule has 0 spiro atoms. The fourth-order valence-electron chi connectivity index (χ4n) is 1.77. The Morgan fingerprint density at radius 2 is 1.94 bits per heavy atom. The number of hydrogen-bond donors (Lipinski definition) is 1. The zero-order valence-corrected chi connectivity index (χ0v) is 10.2. The van der Waals surface area contributed by atoms with Crippen LogP contribution >= 0.6 is 0 Å². The van der Waals surface area contributed by atoms with E-state index in [1.54, 1.807) is 36.4 Å². The van der Waals surface area contributed by atoms with Gasteiger partial charge in [0.2, 0.25) is 0 Å². The van der Waals surface area contributed by atoms with E-state index >= 15 is 0 Å². The summed E-state index contributed by atoms with van der Waals surface area (Å²) < 4.78 is 5.46. The van der Waals surface area contributed by atoms with Gasteiger partial charge in [0.15, 0.2) is 5.78 Å². The van der Waals surface area contributed by atoms with Crippen LogP contribution in [-0.2, 0) is 0 Å². The van der Waals surface area contributed by atoms with E-state index in [2.05, 4.69) is 0 Å². The summed E-state index contributed by atoms with van der Waals surface area (Å²) in [5.74, 6) is 0.527. The van der Waals surface area contributed by atoms with E-state index < -0.39 is 0 Å². The minimum absolute atomic E-state index is 0.0775. The minimum Gasteiger partial charge on any atom is -0.493 e. The molecule has 3 heteroatoms. The Hall–Kier alpha value is -2.29. The van der Waals surface area contributed by atoms with Crippen LogP contribution in [0.15, 0.2) is 48.5 Å². The van der Waals surface area contributed by atoms with Gasteiger partial charge in [0.05, 0.1) is 12.2 Å². The third-order valence-electron chi connectivity index (χ3n) is 2.58. The number of ether oxygens (including phenoxy) is 1. The lowest BCUT2D eigenvalue weighted by molar-refractivity contribution is 0.103. The molecular weight excluding hydrogens is 226 g/mol. The van der Waals surface area contributed by atoms with Crippen molar-refractivity contribution in [3.05, 3.63) is 59.7 Å². The van der Waals surface area contributed by atoms with Gasteiger partial charge in [-0.25, -0.2) is 0 Å². The van der Waals surface area contributed by atoms with Crippen molar-refractivity contribution in [2.75, 3.05) is 12.3 Å². The second kappa shape index (κ2) is 5.36. The summed E-state index contributed by atoms with van der Waals surface area (Å²) in [6, 6.07) is 14.2. The van der Waals surface area contributed by atoms with Crippen molar-refractivity contribution in [1.82, 2.24) is 0 Å². The van der Waals surface area contributed by atoms with Gasteiger partial charge in [-0.15, -0.1) is 0 Å². The second-order valence-corrected chi connectivity index (χ2v) is 3.88. The molecule has 0 aliphatic rings. The molecule has 0 aromatic heterocycles. The SMILES string of the molecule is CCOc1ccccc1C(=O)c1cccc(N)c1. The summed E-state index contributed by atoms with van der Waals surface area (Å²) in [5, 5.41) is 0. The highest BCUT2D eigenvalue weighted by Crippen LogP contribution is 2.22. The van der Waals surface area contributed by atoms with Gasteiger partial charge < -0.3 is 10.5 Å². The summed E-state index contributed by atoms with van der Waals surface area (Å²) in [6.07, 6.45) is 0. The van der Waals surface area contributed by atoms with Gasteiger partial charge in [-0.3, -0.25) is 4.79 Å². The number of ketones is 1. The Morgan fingerprint density at radius 1 is 1.17 bits per heavy atom. The Morgan fingerprint density at radius 3 is 2.67 bits per heavy atom. The van der Waals surface area contributed by atoms with Gasteiger partial charge in [0.25, 0.3) is 0 Å². The van der Waals surface area contributed by atoms with Crippen LogP contribution in [0.5, 0.6) is 5.75 Å². The molecule has 92 valence electrons. The number of carbonyl (C=O) groups excluding carboxylic acids is 1. The molecule has 0 fully saturated rings. The maximum atomic E-state index is 12.4. The van der Waals surface area contributed by atoms with Gasteiger partial charge in [-0.1, -0.05) is 24.3 Å². The zero-order valence-electron chi connectivity index (χ0n) is 10.2. The molecule has 0 saturated carbocycles. The van der Waals surface area contributed by atoms with Gasteiger partial charge in [-0.05, 0) is 31.2 Å². The molecule has 0 bridgehead atoms. The summed E-state index contributed by atoms with van der Waals surface area (Å²) in [7, 11) is 0. The largest absolute Gasteiger partial charge is 0.493 e. The van der Waals surface area contributed by atoms with Crippen LogP contribution in [0.2, 0.25) is 0 Å². The second-order valence-electron chi connectivity index (χ2n) is 3.88. The van der Waals surface area contributed by atoms with Crippen molar-refractivity contribution in [3.8, 4) is 5.75 Å². The molecule has 0 amide bonds. The number of anilines is 1. The van der Waals surface area contributed by atoms with Crippen LogP contribution in [0.4, 0.5) is 5.69 Å². The van der Waals surface area contributed by atoms with Gasteiger partial charge in [0, 0.05) is 11.3 Å². The summed E-state index contributed by atoms with van der Waals surface area (Å²) in [5.41, 5.74) is 7.40. The summed E-state index contributed by atoms with van der Waals surface area (Å²) in [4.78, 5) is 12.4. The Labute approximate surface area is 106 Å². The Balaban J connectivity index is 2.40. The molecule has 2 aromatic carbocycles.